The molecule has 3 rings (SSSR count). The van der Waals surface area contributed by atoms with Gasteiger partial charge in [-0.2, -0.15) is 0 Å². The van der Waals surface area contributed by atoms with Gasteiger partial charge in [0.1, 0.15) is 11.6 Å². The first-order valence-corrected chi connectivity index (χ1v) is 12.7. The fourth-order valence-electron chi connectivity index (χ4n) is 3.73. The second-order valence-corrected chi connectivity index (χ2v) is 11.1. The molecule has 2 aromatic rings. The molecule has 1 amide bonds. The molecule has 1 aliphatic heterocycles. The van der Waals surface area contributed by atoms with Crippen molar-refractivity contribution in [1.29, 1.82) is 0 Å². The number of halogens is 1. The summed E-state index contributed by atoms with van der Waals surface area (Å²) < 4.78 is 44.5. The topological polar surface area (TPSA) is 87.2 Å². The zero-order valence-electron chi connectivity index (χ0n) is 19.6. The lowest BCUT2D eigenvalue weighted by Gasteiger charge is -2.36. The fraction of sp³-hybridized carbons (Fsp3) is 0.458. The minimum Gasteiger partial charge on any atom is -0.490 e. The number of hydrogen-bond acceptors (Lipinski definition) is 6. The lowest BCUT2D eigenvalue weighted by Crippen LogP contribution is -2.49. The van der Waals surface area contributed by atoms with E-state index >= 15 is 0 Å². The van der Waals surface area contributed by atoms with Crippen molar-refractivity contribution in [3.8, 4) is 5.75 Å². The number of hydrogen-bond donors (Lipinski definition) is 1. The van der Waals surface area contributed by atoms with Crippen LogP contribution in [-0.2, 0) is 15.4 Å². The van der Waals surface area contributed by atoms with E-state index in [0.717, 1.165) is 6.26 Å². The van der Waals surface area contributed by atoms with E-state index in [9.17, 15) is 22.7 Å². The molecule has 0 aliphatic carbocycles. The highest BCUT2D eigenvalue weighted by molar-refractivity contribution is 7.90. The lowest BCUT2D eigenvalue weighted by atomic mass is 9.98. The normalized spacial score (nSPS) is 15.2. The number of ether oxygens (including phenoxy) is 1. The SMILES string of the molecule is CC(C)Oc1ccc(S(C)(=O)=O)cc1C(=O)N1CCN(c2ccc(C(C)(C)O)cc2F)CC1. The summed E-state index contributed by atoms with van der Waals surface area (Å²) in [4.78, 5) is 16.8. The average molecular weight is 479 g/mol. The first-order valence-electron chi connectivity index (χ1n) is 10.8. The van der Waals surface area contributed by atoms with Crippen LogP contribution in [0, 0.1) is 5.82 Å². The van der Waals surface area contributed by atoms with Crippen LogP contribution in [0.1, 0.15) is 43.6 Å². The molecule has 33 heavy (non-hydrogen) atoms. The number of piperazine rings is 1. The molecule has 0 spiro atoms. The molecule has 0 aromatic heterocycles. The summed E-state index contributed by atoms with van der Waals surface area (Å²) in [6, 6.07) is 8.98. The minimum absolute atomic E-state index is 0.0505. The van der Waals surface area contributed by atoms with E-state index < -0.39 is 21.3 Å². The Morgan fingerprint density at radius 3 is 2.24 bits per heavy atom. The maximum atomic E-state index is 14.7. The predicted octanol–water partition coefficient (Wildman–Crippen LogP) is 3.21. The van der Waals surface area contributed by atoms with E-state index in [1.807, 2.05) is 18.7 Å². The van der Waals surface area contributed by atoms with E-state index in [2.05, 4.69) is 0 Å². The quantitative estimate of drug-likeness (QED) is 0.686. The van der Waals surface area contributed by atoms with E-state index in [4.69, 9.17) is 4.74 Å². The fourth-order valence-corrected chi connectivity index (χ4v) is 4.38. The van der Waals surface area contributed by atoms with Crippen molar-refractivity contribution >= 4 is 21.4 Å². The van der Waals surface area contributed by atoms with Crippen LogP contribution in [0.15, 0.2) is 41.3 Å². The van der Waals surface area contributed by atoms with Crippen molar-refractivity contribution in [3.63, 3.8) is 0 Å². The van der Waals surface area contributed by atoms with Gasteiger partial charge in [-0.05, 0) is 63.6 Å². The molecule has 0 saturated carbocycles. The number of carbonyl (C=O) groups is 1. The van der Waals surface area contributed by atoms with Crippen molar-refractivity contribution in [3.05, 3.63) is 53.3 Å². The molecule has 0 bridgehead atoms. The van der Waals surface area contributed by atoms with Crippen LogP contribution in [0.2, 0.25) is 0 Å². The summed E-state index contributed by atoms with van der Waals surface area (Å²) in [5.41, 5.74) is -0.0411. The number of sulfone groups is 1. The molecule has 180 valence electrons. The molecule has 1 N–H and O–H groups in total. The van der Waals surface area contributed by atoms with Gasteiger partial charge >= 0.3 is 0 Å². The Bertz CT molecular complexity index is 1130. The molecule has 2 aromatic carbocycles. The van der Waals surface area contributed by atoms with Crippen LogP contribution >= 0.6 is 0 Å². The van der Waals surface area contributed by atoms with Gasteiger partial charge in [0.05, 0.1) is 27.9 Å². The van der Waals surface area contributed by atoms with Crippen molar-refractivity contribution in [2.75, 3.05) is 37.3 Å². The molecular formula is C24H31FN2O5S. The Balaban J connectivity index is 1.79. The van der Waals surface area contributed by atoms with E-state index in [-0.39, 0.29) is 22.5 Å². The van der Waals surface area contributed by atoms with Crippen LogP contribution in [-0.4, -0.2) is 62.9 Å². The van der Waals surface area contributed by atoms with Crippen LogP contribution in [0.5, 0.6) is 5.75 Å². The van der Waals surface area contributed by atoms with Crippen LogP contribution in [0.3, 0.4) is 0 Å². The molecular weight excluding hydrogens is 447 g/mol. The van der Waals surface area contributed by atoms with Gasteiger partial charge < -0.3 is 19.6 Å². The highest BCUT2D eigenvalue weighted by Crippen LogP contribution is 2.29. The third-order valence-electron chi connectivity index (χ3n) is 5.53. The Morgan fingerprint density at radius 2 is 1.73 bits per heavy atom. The third kappa shape index (κ3) is 5.83. The Kier molecular flexibility index (Phi) is 7.04. The van der Waals surface area contributed by atoms with Crippen molar-refractivity contribution in [2.45, 2.75) is 44.3 Å². The van der Waals surface area contributed by atoms with Crippen molar-refractivity contribution in [2.24, 2.45) is 0 Å². The zero-order chi connectivity index (χ0) is 24.6. The molecule has 1 aliphatic rings. The largest absolute Gasteiger partial charge is 0.490 e. The number of nitrogens with zero attached hydrogens (tertiary/aromatic N) is 2. The maximum Gasteiger partial charge on any atom is 0.257 e. The highest BCUT2D eigenvalue weighted by atomic mass is 32.2. The summed E-state index contributed by atoms with van der Waals surface area (Å²) in [6.07, 6.45) is 0.906. The second-order valence-electron chi connectivity index (χ2n) is 9.10. The van der Waals surface area contributed by atoms with Gasteiger partial charge in [0.25, 0.3) is 5.91 Å². The standard InChI is InChI=1S/C24H31FN2O5S/c1-16(2)32-22-9-7-18(33(5,30)31)15-19(22)23(28)27-12-10-26(11-13-27)21-8-6-17(14-20(21)25)24(3,4)29/h6-9,14-16,29H,10-13H2,1-5H3. The lowest BCUT2D eigenvalue weighted by molar-refractivity contribution is 0.0738. The minimum atomic E-state index is -3.49. The van der Waals surface area contributed by atoms with Gasteiger partial charge in [0.15, 0.2) is 9.84 Å². The highest BCUT2D eigenvalue weighted by Gasteiger charge is 2.27. The predicted molar refractivity (Wildman–Crippen MR) is 125 cm³/mol. The summed E-state index contributed by atoms with van der Waals surface area (Å²) in [7, 11) is -3.49. The molecule has 0 atom stereocenters. The van der Waals surface area contributed by atoms with Crippen molar-refractivity contribution < 1.29 is 27.4 Å². The zero-order valence-corrected chi connectivity index (χ0v) is 20.4. The van der Waals surface area contributed by atoms with Gasteiger partial charge in [0, 0.05) is 32.4 Å². The van der Waals surface area contributed by atoms with Crippen molar-refractivity contribution in [1.82, 2.24) is 4.90 Å². The third-order valence-corrected chi connectivity index (χ3v) is 6.64. The number of carbonyl (C=O) groups excluding carboxylic acids is 1. The molecule has 7 nitrogen and oxygen atoms in total. The molecule has 0 unspecified atom stereocenters. The smallest absolute Gasteiger partial charge is 0.257 e. The monoisotopic (exact) mass is 478 g/mol. The maximum absolute atomic E-state index is 14.7. The summed E-state index contributed by atoms with van der Waals surface area (Å²) in [5.74, 6) is -0.422. The summed E-state index contributed by atoms with van der Waals surface area (Å²) in [5, 5.41) is 10.1. The number of anilines is 1. The second kappa shape index (κ2) is 9.30. The van der Waals surface area contributed by atoms with Gasteiger partial charge in [-0.15, -0.1) is 0 Å². The van der Waals surface area contributed by atoms with Crippen LogP contribution < -0.4 is 9.64 Å². The van der Waals surface area contributed by atoms with Gasteiger partial charge in [0.2, 0.25) is 0 Å². The van der Waals surface area contributed by atoms with Gasteiger partial charge in [-0.25, -0.2) is 12.8 Å². The Morgan fingerprint density at radius 1 is 1.09 bits per heavy atom. The van der Waals surface area contributed by atoms with Crippen LogP contribution in [0.25, 0.3) is 0 Å². The molecule has 1 heterocycles. The summed E-state index contributed by atoms with van der Waals surface area (Å²) in [6.45, 7) is 8.37. The average Bonchev–Trinajstić information content (AvgIpc) is 2.72. The molecule has 0 radical (unpaired) electrons. The number of benzene rings is 2. The van der Waals surface area contributed by atoms with Crippen LogP contribution in [0.4, 0.5) is 10.1 Å². The Hall–Kier alpha value is -2.65. The van der Waals surface area contributed by atoms with E-state index in [1.54, 1.807) is 30.9 Å². The molecule has 9 heteroatoms. The van der Waals surface area contributed by atoms with Gasteiger partial charge in [-0.1, -0.05) is 6.07 Å². The van der Waals surface area contributed by atoms with Gasteiger partial charge in [-0.3, -0.25) is 4.79 Å². The Labute approximate surface area is 194 Å². The summed E-state index contributed by atoms with van der Waals surface area (Å²) >= 11 is 0. The van der Waals surface area contributed by atoms with E-state index in [1.165, 1.54) is 24.3 Å². The number of aliphatic hydroxyl groups is 1. The molecule has 1 saturated heterocycles. The first kappa shape index (κ1) is 25.0. The number of amides is 1. The first-order chi connectivity index (χ1) is 15.3. The van der Waals surface area contributed by atoms with E-state index in [0.29, 0.717) is 43.2 Å². The molecule has 1 fully saturated rings. The number of rotatable bonds is 6.